The van der Waals surface area contributed by atoms with Crippen molar-refractivity contribution in [3.05, 3.63) is 30.5 Å². The summed E-state index contributed by atoms with van der Waals surface area (Å²) in [6, 6.07) is 0. The van der Waals surface area contributed by atoms with Gasteiger partial charge in [-0.25, -0.2) is 4.98 Å². The lowest BCUT2D eigenvalue weighted by Gasteiger charge is -1.86. The Morgan fingerprint density at radius 1 is 1.70 bits per heavy atom. The quantitative estimate of drug-likeness (QED) is 0.597. The number of allylic oxidation sites excluding steroid dienone is 2. The van der Waals surface area contributed by atoms with E-state index < -0.39 is 0 Å². The number of nitrogens with zero attached hydrogens (tertiary/aromatic N) is 1. The zero-order chi connectivity index (χ0) is 7.23. The molecular formula is C8H11NO. The highest BCUT2D eigenvalue weighted by atomic mass is 16.3. The van der Waals surface area contributed by atoms with Gasteiger partial charge in [0.15, 0.2) is 5.89 Å². The number of rotatable bonds is 3. The molecule has 1 rings (SSSR count). The van der Waals surface area contributed by atoms with Crippen molar-refractivity contribution >= 4 is 0 Å². The van der Waals surface area contributed by atoms with Crippen LogP contribution in [0.25, 0.3) is 0 Å². The highest BCUT2D eigenvalue weighted by Crippen LogP contribution is 1.98. The number of hydrogen-bond acceptors (Lipinski definition) is 2. The molecule has 0 unspecified atom stereocenters. The van der Waals surface area contributed by atoms with Gasteiger partial charge in [-0.3, -0.25) is 0 Å². The summed E-state index contributed by atoms with van der Waals surface area (Å²) >= 11 is 0. The van der Waals surface area contributed by atoms with Gasteiger partial charge in [0.05, 0.1) is 6.20 Å². The molecule has 54 valence electrons. The summed E-state index contributed by atoms with van der Waals surface area (Å²) < 4.78 is 5.04. The Balaban J connectivity index is 2.28. The third kappa shape index (κ3) is 2.05. The second-order valence-corrected chi connectivity index (χ2v) is 2.03. The van der Waals surface area contributed by atoms with Crippen LogP contribution < -0.4 is 0 Å². The van der Waals surface area contributed by atoms with E-state index in [0.717, 1.165) is 18.7 Å². The van der Waals surface area contributed by atoms with E-state index in [9.17, 15) is 0 Å². The summed E-state index contributed by atoms with van der Waals surface area (Å²) in [4.78, 5) is 3.99. The molecule has 0 saturated heterocycles. The molecule has 10 heavy (non-hydrogen) atoms. The van der Waals surface area contributed by atoms with Crippen LogP contribution in [0.3, 0.4) is 0 Å². The molecule has 0 aliphatic carbocycles. The minimum absolute atomic E-state index is 0.818. The van der Waals surface area contributed by atoms with E-state index in [-0.39, 0.29) is 0 Å². The van der Waals surface area contributed by atoms with Gasteiger partial charge in [-0.05, 0) is 13.3 Å². The smallest absolute Gasteiger partial charge is 0.194 e. The molecule has 0 bridgehead atoms. The first-order valence-electron chi connectivity index (χ1n) is 3.43. The lowest BCUT2D eigenvalue weighted by atomic mass is 10.3. The maximum atomic E-state index is 5.04. The number of hydrogen-bond donors (Lipinski definition) is 0. The molecule has 0 saturated carbocycles. The highest BCUT2D eigenvalue weighted by Gasteiger charge is 1.92. The Kier molecular flexibility index (Phi) is 2.74. The minimum Gasteiger partial charge on any atom is -0.449 e. The Morgan fingerprint density at radius 2 is 2.60 bits per heavy atom. The summed E-state index contributed by atoms with van der Waals surface area (Å²) in [6.45, 7) is 2.01. The third-order valence-corrected chi connectivity index (χ3v) is 1.24. The van der Waals surface area contributed by atoms with Crippen LogP contribution >= 0.6 is 0 Å². The largest absolute Gasteiger partial charge is 0.449 e. The van der Waals surface area contributed by atoms with Crippen LogP contribution in [-0.2, 0) is 6.42 Å². The second-order valence-electron chi connectivity index (χ2n) is 2.03. The summed E-state index contributed by atoms with van der Waals surface area (Å²) in [5, 5.41) is 0. The third-order valence-electron chi connectivity index (χ3n) is 1.24. The van der Waals surface area contributed by atoms with Gasteiger partial charge in [-0.2, -0.15) is 0 Å². The molecule has 0 spiro atoms. The van der Waals surface area contributed by atoms with Crippen LogP contribution in [0.2, 0.25) is 0 Å². The number of aryl methyl sites for hydroxylation is 1. The maximum Gasteiger partial charge on any atom is 0.194 e. The van der Waals surface area contributed by atoms with Crippen LogP contribution in [0.1, 0.15) is 19.2 Å². The molecule has 0 atom stereocenters. The maximum absolute atomic E-state index is 5.04. The second kappa shape index (κ2) is 3.88. The molecule has 1 heterocycles. The van der Waals surface area contributed by atoms with Crippen molar-refractivity contribution in [1.82, 2.24) is 4.98 Å². The molecule has 0 radical (unpaired) electrons. The van der Waals surface area contributed by atoms with Crippen molar-refractivity contribution in [3.8, 4) is 0 Å². The van der Waals surface area contributed by atoms with Crippen molar-refractivity contribution in [2.24, 2.45) is 0 Å². The van der Waals surface area contributed by atoms with Crippen molar-refractivity contribution in [2.75, 3.05) is 0 Å². The first-order valence-corrected chi connectivity index (χ1v) is 3.43. The van der Waals surface area contributed by atoms with Gasteiger partial charge in [0.25, 0.3) is 0 Å². The Hall–Kier alpha value is -1.05. The fourth-order valence-electron chi connectivity index (χ4n) is 0.750. The van der Waals surface area contributed by atoms with E-state index in [1.807, 2.05) is 13.0 Å². The Morgan fingerprint density at radius 3 is 3.20 bits per heavy atom. The van der Waals surface area contributed by atoms with Gasteiger partial charge in [0.1, 0.15) is 6.26 Å². The van der Waals surface area contributed by atoms with Gasteiger partial charge in [0, 0.05) is 6.42 Å². The normalized spacial score (nSPS) is 10.9. The monoisotopic (exact) mass is 137 g/mol. The van der Waals surface area contributed by atoms with Crippen molar-refractivity contribution in [2.45, 2.75) is 19.8 Å². The molecule has 2 heteroatoms. The lowest BCUT2D eigenvalue weighted by Crippen LogP contribution is -1.80. The first kappa shape index (κ1) is 7.06. The summed E-state index contributed by atoms with van der Waals surface area (Å²) in [5.41, 5.74) is 0. The fraction of sp³-hybridized carbons (Fsp3) is 0.375. The van der Waals surface area contributed by atoms with Gasteiger partial charge in [0.2, 0.25) is 0 Å². The standard InChI is InChI=1S/C8H11NO/c1-2-3-4-5-8-9-6-7-10-8/h2-3,6-7H,4-5H2,1H3. The molecule has 0 aliphatic rings. The fourth-order valence-corrected chi connectivity index (χ4v) is 0.750. The van der Waals surface area contributed by atoms with Crippen molar-refractivity contribution in [3.63, 3.8) is 0 Å². The van der Waals surface area contributed by atoms with Crippen LogP contribution in [0, 0.1) is 0 Å². The Bertz CT molecular complexity index is 189. The van der Waals surface area contributed by atoms with E-state index in [1.165, 1.54) is 0 Å². The van der Waals surface area contributed by atoms with Gasteiger partial charge in [-0.1, -0.05) is 12.2 Å². The van der Waals surface area contributed by atoms with Crippen LogP contribution in [0.4, 0.5) is 0 Å². The van der Waals surface area contributed by atoms with Crippen molar-refractivity contribution < 1.29 is 4.42 Å². The van der Waals surface area contributed by atoms with E-state index in [1.54, 1.807) is 12.5 Å². The minimum atomic E-state index is 0.818. The summed E-state index contributed by atoms with van der Waals surface area (Å²) in [6.07, 6.45) is 9.32. The lowest BCUT2D eigenvalue weighted by molar-refractivity contribution is 0.495. The molecule has 0 aliphatic heterocycles. The van der Waals surface area contributed by atoms with Crippen LogP contribution in [-0.4, -0.2) is 4.98 Å². The molecule has 0 amide bonds. The Labute approximate surface area is 60.6 Å². The van der Waals surface area contributed by atoms with Crippen molar-refractivity contribution in [1.29, 1.82) is 0 Å². The number of aromatic nitrogens is 1. The predicted octanol–water partition coefficient (Wildman–Crippen LogP) is 2.18. The zero-order valence-corrected chi connectivity index (χ0v) is 6.08. The topological polar surface area (TPSA) is 26.0 Å². The van der Waals surface area contributed by atoms with Gasteiger partial charge in [-0.15, -0.1) is 0 Å². The van der Waals surface area contributed by atoms with E-state index >= 15 is 0 Å². The predicted molar refractivity (Wildman–Crippen MR) is 39.6 cm³/mol. The summed E-state index contributed by atoms with van der Waals surface area (Å²) in [5.74, 6) is 0.818. The molecule has 2 nitrogen and oxygen atoms in total. The molecule has 0 fully saturated rings. The number of oxazole rings is 1. The molecule has 1 aromatic heterocycles. The van der Waals surface area contributed by atoms with E-state index in [0.29, 0.717) is 0 Å². The molecule has 0 N–H and O–H groups in total. The van der Waals surface area contributed by atoms with E-state index in [4.69, 9.17) is 4.42 Å². The first-order chi connectivity index (χ1) is 4.93. The molecule has 1 aromatic rings. The van der Waals surface area contributed by atoms with Gasteiger partial charge >= 0.3 is 0 Å². The van der Waals surface area contributed by atoms with Crippen LogP contribution in [0.5, 0.6) is 0 Å². The SMILES string of the molecule is CC=CCCc1ncco1. The molecule has 0 aromatic carbocycles. The average molecular weight is 137 g/mol. The van der Waals surface area contributed by atoms with E-state index in [2.05, 4.69) is 11.1 Å². The summed E-state index contributed by atoms with van der Waals surface area (Å²) in [7, 11) is 0. The molecular weight excluding hydrogens is 126 g/mol. The van der Waals surface area contributed by atoms with Gasteiger partial charge < -0.3 is 4.42 Å². The van der Waals surface area contributed by atoms with Crippen LogP contribution in [0.15, 0.2) is 29.0 Å². The highest BCUT2D eigenvalue weighted by molar-refractivity contribution is 4.85. The zero-order valence-electron chi connectivity index (χ0n) is 6.08. The average Bonchev–Trinajstić information content (AvgIpc) is 2.41.